The molecule has 28 heavy (non-hydrogen) atoms. The van der Waals surface area contributed by atoms with Crippen LogP contribution >= 0.6 is 11.8 Å². The SMILES string of the molecule is COc1ccc(C)cc1NC(=O)[C@H](CCSC)N1C(=O)[C@H]2CCCC[C@@H]2C1=O. The first-order valence-electron chi connectivity index (χ1n) is 9.79. The topological polar surface area (TPSA) is 75.7 Å². The molecule has 1 saturated carbocycles. The van der Waals surface area contributed by atoms with Crippen LogP contribution in [0.4, 0.5) is 5.69 Å². The van der Waals surface area contributed by atoms with Crippen LogP contribution in [0.2, 0.25) is 0 Å². The van der Waals surface area contributed by atoms with Crippen LogP contribution in [-0.2, 0) is 14.4 Å². The van der Waals surface area contributed by atoms with E-state index in [0.717, 1.165) is 31.2 Å². The fourth-order valence-electron chi connectivity index (χ4n) is 4.24. The second-order valence-electron chi connectivity index (χ2n) is 7.53. The fraction of sp³-hybridized carbons (Fsp3) is 0.571. The number of nitrogens with one attached hydrogen (secondary N) is 1. The van der Waals surface area contributed by atoms with Crippen LogP contribution in [-0.4, -0.2) is 47.8 Å². The van der Waals surface area contributed by atoms with Crippen LogP contribution < -0.4 is 10.1 Å². The predicted molar refractivity (Wildman–Crippen MR) is 110 cm³/mol. The van der Waals surface area contributed by atoms with Crippen LogP contribution in [0.1, 0.15) is 37.7 Å². The largest absolute Gasteiger partial charge is 0.495 e. The molecule has 1 aromatic carbocycles. The van der Waals surface area contributed by atoms with E-state index in [1.807, 2.05) is 25.3 Å². The number of likely N-dealkylation sites (tertiary alicyclic amines) is 1. The second kappa shape index (κ2) is 8.99. The summed E-state index contributed by atoms with van der Waals surface area (Å²) in [6, 6.07) is 4.74. The van der Waals surface area contributed by atoms with Crippen molar-refractivity contribution in [3.63, 3.8) is 0 Å². The minimum atomic E-state index is -0.789. The lowest BCUT2D eigenvalue weighted by atomic mass is 9.81. The first-order valence-corrected chi connectivity index (χ1v) is 11.2. The van der Waals surface area contributed by atoms with Crippen molar-refractivity contribution in [1.29, 1.82) is 0 Å². The minimum absolute atomic E-state index is 0.174. The molecule has 1 aliphatic carbocycles. The normalized spacial score (nSPS) is 22.8. The van der Waals surface area contributed by atoms with E-state index in [1.165, 1.54) is 4.90 Å². The number of nitrogens with zero attached hydrogens (tertiary/aromatic N) is 1. The number of hydrogen-bond acceptors (Lipinski definition) is 5. The van der Waals surface area contributed by atoms with Crippen molar-refractivity contribution in [2.75, 3.05) is 24.4 Å². The van der Waals surface area contributed by atoms with Gasteiger partial charge in [0, 0.05) is 0 Å². The first kappa shape index (κ1) is 20.7. The molecule has 3 amide bonds. The van der Waals surface area contributed by atoms with Gasteiger partial charge in [-0.15, -0.1) is 0 Å². The summed E-state index contributed by atoms with van der Waals surface area (Å²) in [6.07, 6.45) is 5.82. The Morgan fingerprint density at radius 3 is 2.46 bits per heavy atom. The molecular weight excluding hydrogens is 376 g/mol. The smallest absolute Gasteiger partial charge is 0.247 e. The zero-order valence-electron chi connectivity index (χ0n) is 16.7. The summed E-state index contributed by atoms with van der Waals surface area (Å²) in [5, 5.41) is 2.89. The van der Waals surface area contributed by atoms with Gasteiger partial charge in [-0.2, -0.15) is 11.8 Å². The Morgan fingerprint density at radius 1 is 1.25 bits per heavy atom. The van der Waals surface area contributed by atoms with Gasteiger partial charge in [-0.3, -0.25) is 19.3 Å². The zero-order chi connectivity index (χ0) is 20.3. The maximum Gasteiger partial charge on any atom is 0.247 e. The maximum atomic E-state index is 13.2. The van der Waals surface area contributed by atoms with Gasteiger partial charge in [0.05, 0.1) is 24.6 Å². The molecule has 0 spiro atoms. The highest BCUT2D eigenvalue weighted by Crippen LogP contribution is 2.39. The van der Waals surface area contributed by atoms with Gasteiger partial charge < -0.3 is 10.1 Å². The molecule has 7 heteroatoms. The monoisotopic (exact) mass is 404 g/mol. The molecule has 1 aliphatic heterocycles. The van der Waals surface area contributed by atoms with Gasteiger partial charge in [-0.05, 0) is 55.9 Å². The summed E-state index contributed by atoms with van der Waals surface area (Å²) in [5.41, 5.74) is 1.54. The summed E-state index contributed by atoms with van der Waals surface area (Å²) < 4.78 is 5.34. The number of methoxy groups -OCH3 is 1. The Morgan fingerprint density at radius 2 is 1.89 bits per heavy atom. The van der Waals surface area contributed by atoms with Crippen molar-refractivity contribution in [3.05, 3.63) is 23.8 Å². The van der Waals surface area contributed by atoms with E-state index >= 15 is 0 Å². The molecule has 0 bridgehead atoms. The molecular formula is C21H28N2O4S. The van der Waals surface area contributed by atoms with Crippen LogP contribution in [0.3, 0.4) is 0 Å². The molecule has 6 nitrogen and oxygen atoms in total. The van der Waals surface area contributed by atoms with Gasteiger partial charge in [-0.25, -0.2) is 0 Å². The van der Waals surface area contributed by atoms with E-state index in [4.69, 9.17) is 4.74 Å². The molecule has 152 valence electrons. The summed E-state index contributed by atoms with van der Waals surface area (Å²) in [7, 11) is 1.55. The Hall–Kier alpha value is -2.02. The number of benzene rings is 1. The minimum Gasteiger partial charge on any atom is -0.495 e. The summed E-state index contributed by atoms with van der Waals surface area (Å²) >= 11 is 1.60. The van der Waals surface area contributed by atoms with E-state index in [2.05, 4.69) is 5.32 Å². The van der Waals surface area contributed by atoms with Crippen molar-refractivity contribution in [1.82, 2.24) is 4.90 Å². The number of hydrogen-bond donors (Lipinski definition) is 1. The molecule has 0 aromatic heterocycles. The lowest BCUT2D eigenvalue weighted by Gasteiger charge is -2.26. The molecule has 2 fully saturated rings. The number of amides is 3. The molecule has 3 atom stereocenters. The van der Waals surface area contributed by atoms with Crippen molar-refractivity contribution in [2.45, 2.75) is 45.1 Å². The van der Waals surface area contributed by atoms with Crippen molar-refractivity contribution in [3.8, 4) is 5.75 Å². The number of imide groups is 1. The number of rotatable bonds is 7. The number of ether oxygens (including phenoxy) is 1. The molecule has 1 aromatic rings. The molecule has 1 heterocycles. The van der Waals surface area contributed by atoms with E-state index in [1.54, 1.807) is 24.9 Å². The van der Waals surface area contributed by atoms with Crippen LogP contribution in [0.5, 0.6) is 5.75 Å². The summed E-state index contributed by atoms with van der Waals surface area (Å²) in [6.45, 7) is 1.93. The van der Waals surface area contributed by atoms with E-state index in [9.17, 15) is 14.4 Å². The Kier molecular flexibility index (Phi) is 6.65. The van der Waals surface area contributed by atoms with E-state index in [-0.39, 0.29) is 29.6 Å². The van der Waals surface area contributed by atoms with Gasteiger partial charge in [0.25, 0.3) is 0 Å². The summed E-state index contributed by atoms with van der Waals surface area (Å²) in [5.74, 6) is 0.0571. The Balaban J connectivity index is 1.85. The molecule has 2 aliphatic rings. The van der Waals surface area contributed by atoms with Crippen LogP contribution in [0.25, 0.3) is 0 Å². The average molecular weight is 405 g/mol. The molecule has 0 unspecified atom stereocenters. The molecule has 3 rings (SSSR count). The highest BCUT2D eigenvalue weighted by Gasteiger charge is 2.51. The second-order valence-corrected chi connectivity index (χ2v) is 8.52. The van der Waals surface area contributed by atoms with Gasteiger partial charge in [0.15, 0.2) is 0 Å². The van der Waals surface area contributed by atoms with Gasteiger partial charge in [-0.1, -0.05) is 18.9 Å². The van der Waals surface area contributed by atoms with E-state index in [0.29, 0.717) is 23.6 Å². The Labute approximate surface area is 170 Å². The lowest BCUT2D eigenvalue weighted by Crippen LogP contribution is -2.48. The zero-order valence-corrected chi connectivity index (χ0v) is 17.5. The maximum absolute atomic E-state index is 13.2. The van der Waals surface area contributed by atoms with Gasteiger partial charge in [0.2, 0.25) is 17.7 Å². The van der Waals surface area contributed by atoms with Gasteiger partial charge >= 0.3 is 0 Å². The quantitative estimate of drug-likeness (QED) is 0.706. The summed E-state index contributed by atoms with van der Waals surface area (Å²) in [4.78, 5) is 40.4. The highest BCUT2D eigenvalue weighted by molar-refractivity contribution is 7.98. The highest BCUT2D eigenvalue weighted by atomic mass is 32.2. The third kappa shape index (κ3) is 4.04. The first-order chi connectivity index (χ1) is 13.5. The number of carbonyl (C=O) groups is 3. The number of fused-ring (bicyclic) bond motifs is 1. The van der Waals surface area contributed by atoms with E-state index < -0.39 is 6.04 Å². The standard InChI is InChI=1S/C21H28N2O4S/c1-13-8-9-18(27-2)16(12-13)22-19(24)17(10-11-28-3)23-20(25)14-6-4-5-7-15(14)21(23)26/h8-9,12,14-15,17H,4-7,10-11H2,1-3H3,(H,22,24)/t14-,15-,17-/m0/s1. The lowest BCUT2D eigenvalue weighted by molar-refractivity contribution is -0.146. The number of thioether (sulfide) groups is 1. The predicted octanol–water partition coefficient (Wildman–Crippen LogP) is 3.24. The number of carbonyl (C=O) groups excluding carboxylic acids is 3. The van der Waals surface area contributed by atoms with Gasteiger partial charge in [0.1, 0.15) is 11.8 Å². The molecule has 1 N–H and O–H groups in total. The van der Waals surface area contributed by atoms with Crippen LogP contribution in [0.15, 0.2) is 18.2 Å². The number of anilines is 1. The third-order valence-electron chi connectivity index (χ3n) is 5.70. The fourth-order valence-corrected chi connectivity index (χ4v) is 4.70. The van der Waals surface area contributed by atoms with Crippen molar-refractivity contribution in [2.24, 2.45) is 11.8 Å². The average Bonchev–Trinajstić information content (AvgIpc) is 2.94. The molecule has 1 saturated heterocycles. The molecule has 0 radical (unpaired) electrons. The van der Waals surface area contributed by atoms with Crippen molar-refractivity contribution < 1.29 is 19.1 Å². The number of aryl methyl sites for hydroxylation is 1. The van der Waals surface area contributed by atoms with Crippen LogP contribution in [0, 0.1) is 18.8 Å². The Bertz CT molecular complexity index is 743. The third-order valence-corrected chi connectivity index (χ3v) is 6.34. The van der Waals surface area contributed by atoms with Crippen molar-refractivity contribution >= 4 is 35.2 Å².